The van der Waals surface area contributed by atoms with E-state index in [9.17, 15) is 0 Å². The number of benzene rings is 3. The molecule has 5 nitrogen and oxygen atoms in total. The lowest BCUT2D eigenvalue weighted by atomic mass is 10.1. The van der Waals surface area contributed by atoms with Crippen LogP contribution < -0.4 is 16.8 Å². The Morgan fingerprint density at radius 2 is 0.828 bits per heavy atom. The minimum absolute atomic E-state index is 0.729. The Kier molecular flexibility index (Phi) is 5.21. The third-order valence-electron chi connectivity index (χ3n) is 4.33. The van der Waals surface area contributed by atoms with Gasteiger partial charge in [-0.25, -0.2) is 9.98 Å². The number of rotatable bonds is 4. The van der Waals surface area contributed by atoms with Crippen LogP contribution in [0.1, 0.15) is 0 Å². The van der Waals surface area contributed by atoms with Gasteiger partial charge in [-0.1, -0.05) is 0 Å². The first-order valence-corrected chi connectivity index (χ1v) is 9.26. The molecule has 0 spiro atoms. The second-order valence-corrected chi connectivity index (χ2v) is 6.63. The zero-order chi connectivity index (χ0) is 20.1. The molecular formula is C24H21N5. The summed E-state index contributed by atoms with van der Waals surface area (Å²) in [5.41, 5.74) is 18.4. The van der Waals surface area contributed by atoms with Crippen LogP contribution in [0.3, 0.4) is 0 Å². The number of nitrogens with zero attached hydrogens (tertiary/aromatic N) is 2. The minimum Gasteiger partial charge on any atom is -0.399 e. The molecule has 5 heteroatoms. The van der Waals surface area contributed by atoms with Gasteiger partial charge in [-0.15, -0.1) is 0 Å². The van der Waals surface area contributed by atoms with Crippen LogP contribution in [-0.4, -0.2) is 11.4 Å². The fourth-order valence-corrected chi connectivity index (χ4v) is 2.80. The highest BCUT2D eigenvalue weighted by Crippen LogP contribution is 2.22. The van der Waals surface area contributed by atoms with Crippen molar-refractivity contribution < 1.29 is 0 Å². The molecule has 0 radical (unpaired) electrons. The van der Waals surface area contributed by atoms with Crippen LogP contribution in [0.4, 0.5) is 34.1 Å². The average Bonchev–Trinajstić information content (AvgIpc) is 2.74. The summed E-state index contributed by atoms with van der Waals surface area (Å²) in [6.45, 7) is 0. The number of hydrogen-bond donors (Lipinski definition) is 3. The van der Waals surface area contributed by atoms with Crippen LogP contribution in [0.2, 0.25) is 0 Å². The van der Waals surface area contributed by atoms with Gasteiger partial charge in [0.2, 0.25) is 0 Å². The molecule has 0 heterocycles. The summed E-state index contributed by atoms with van der Waals surface area (Å²) in [5, 5.41) is 3.34. The Labute approximate surface area is 169 Å². The van der Waals surface area contributed by atoms with Crippen LogP contribution >= 0.6 is 0 Å². The van der Waals surface area contributed by atoms with Crippen molar-refractivity contribution in [2.75, 3.05) is 16.8 Å². The molecule has 0 fully saturated rings. The first kappa shape index (κ1) is 18.3. The highest BCUT2D eigenvalue weighted by atomic mass is 14.9. The monoisotopic (exact) mass is 379 g/mol. The molecule has 5 N–H and O–H groups in total. The molecule has 1 aliphatic carbocycles. The van der Waals surface area contributed by atoms with Gasteiger partial charge in [0, 0.05) is 22.7 Å². The van der Waals surface area contributed by atoms with Crippen LogP contribution in [0.5, 0.6) is 0 Å². The third-order valence-corrected chi connectivity index (χ3v) is 4.33. The lowest BCUT2D eigenvalue weighted by Gasteiger charge is -2.07. The van der Waals surface area contributed by atoms with Gasteiger partial charge in [0.05, 0.1) is 22.8 Å². The van der Waals surface area contributed by atoms with E-state index in [2.05, 4.69) is 15.3 Å². The summed E-state index contributed by atoms with van der Waals surface area (Å²) >= 11 is 0. The smallest absolute Gasteiger partial charge is 0.0638 e. The van der Waals surface area contributed by atoms with E-state index in [0.717, 1.165) is 45.5 Å². The molecule has 3 aromatic carbocycles. The van der Waals surface area contributed by atoms with Gasteiger partial charge in [0.15, 0.2) is 0 Å². The van der Waals surface area contributed by atoms with Gasteiger partial charge in [0.1, 0.15) is 0 Å². The second kappa shape index (κ2) is 8.27. The maximum Gasteiger partial charge on any atom is 0.0638 e. The summed E-state index contributed by atoms with van der Waals surface area (Å²) in [6, 6.07) is 23.1. The maximum atomic E-state index is 5.72. The molecule has 29 heavy (non-hydrogen) atoms. The molecule has 142 valence electrons. The van der Waals surface area contributed by atoms with Gasteiger partial charge < -0.3 is 16.8 Å². The number of nitrogen functional groups attached to an aromatic ring is 2. The van der Waals surface area contributed by atoms with Crippen LogP contribution in [0, 0.1) is 0 Å². The molecule has 3 aromatic rings. The minimum atomic E-state index is 0.729. The number of anilines is 4. The molecule has 0 saturated carbocycles. The van der Waals surface area contributed by atoms with E-state index in [4.69, 9.17) is 11.5 Å². The lowest BCUT2D eigenvalue weighted by Crippen LogP contribution is -1.99. The predicted octanol–water partition coefficient (Wildman–Crippen LogP) is 5.57. The van der Waals surface area contributed by atoms with Gasteiger partial charge >= 0.3 is 0 Å². The second-order valence-electron chi connectivity index (χ2n) is 6.63. The standard InChI is InChI=1S/C24H21N5/c25-17-1-5-19(6-2-17)27-21-9-13-23(14-10-21)29-24-15-11-22(12-16-24)28-20-7-3-18(26)4-8-20/h1-16,27H,25-26H2. The summed E-state index contributed by atoms with van der Waals surface area (Å²) < 4.78 is 0. The molecule has 0 bridgehead atoms. The van der Waals surface area contributed by atoms with E-state index < -0.39 is 0 Å². The molecule has 0 aromatic heterocycles. The summed E-state index contributed by atoms with van der Waals surface area (Å²) in [6.07, 6.45) is 7.81. The summed E-state index contributed by atoms with van der Waals surface area (Å²) in [4.78, 5) is 9.23. The van der Waals surface area contributed by atoms with Crippen molar-refractivity contribution in [1.29, 1.82) is 0 Å². The van der Waals surface area contributed by atoms with E-state index >= 15 is 0 Å². The number of aliphatic imine (C=N–C) groups is 2. The molecule has 0 aliphatic heterocycles. The van der Waals surface area contributed by atoms with E-state index in [0.29, 0.717) is 0 Å². The summed E-state index contributed by atoms with van der Waals surface area (Å²) in [7, 11) is 0. The lowest BCUT2D eigenvalue weighted by molar-refractivity contribution is 1.49. The first-order valence-electron chi connectivity index (χ1n) is 9.26. The zero-order valence-corrected chi connectivity index (χ0v) is 15.8. The van der Waals surface area contributed by atoms with Crippen LogP contribution in [-0.2, 0) is 0 Å². The van der Waals surface area contributed by atoms with Crippen molar-refractivity contribution in [1.82, 2.24) is 0 Å². The van der Waals surface area contributed by atoms with Crippen LogP contribution in [0.25, 0.3) is 0 Å². The Morgan fingerprint density at radius 3 is 1.28 bits per heavy atom. The molecule has 0 saturated heterocycles. The highest BCUT2D eigenvalue weighted by molar-refractivity contribution is 6.19. The SMILES string of the molecule is Nc1ccc(N=C2C=CC(=Nc3ccc(Nc4ccc(N)cc4)cc3)C=C2)cc1. The number of allylic oxidation sites excluding steroid dienone is 4. The predicted molar refractivity (Wildman–Crippen MR) is 124 cm³/mol. The Morgan fingerprint density at radius 1 is 0.483 bits per heavy atom. The van der Waals surface area contributed by atoms with E-state index in [1.54, 1.807) is 0 Å². The normalized spacial score (nSPS) is 12.7. The van der Waals surface area contributed by atoms with Crippen molar-refractivity contribution in [2.45, 2.75) is 0 Å². The fraction of sp³-hybridized carbons (Fsp3) is 0. The topological polar surface area (TPSA) is 88.8 Å². The Bertz CT molecular complexity index is 1090. The van der Waals surface area contributed by atoms with Crippen molar-refractivity contribution in [2.24, 2.45) is 9.98 Å². The molecular weight excluding hydrogens is 358 g/mol. The van der Waals surface area contributed by atoms with Crippen molar-refractivity contribution in [3.8, 4) is 0 Å². The largest absolute Gasteiger partial charge is 0.399 e. The maximum absolute atomic E-state index is 5.72. The fourth-order valence-electron chi connectivity index (χ4n) is 2.80. The zero-order valence-electron chi connectivity index (χ0n) is 15.8. The van der Waals surface area contributed by atoms with Gasteiger partial charge in [-0.05, 0) is 97.1 Å². The molecule has 4 rings (SSSR count). The van der Waals surface area contributed by atoms with Crippen molar-refractivity contribution in [3.63, 3.8) is 0 Å². The Hall–Kier alpha value is -4.12. The number of nitrogens with two attached hydrogens (primary N) is 2. The van der Waals surface area contributed by atoms with Crippen molar-refractivity contribution in [3.05, 3.63) is 97.1 Å². The van der Waals surface area contributed by atoms with Gasteiger partial charge in [-0.3, -0.25) is 0 Å². The quantitative estimate of drug-likeness (QED) is 0.409. The average molecular weight is 379 g/mol. The molecule has 1 aliphatic rings. The number of nitrogens with one attached hydrogen (secondary N) is 1. The van der Waals surface area contributed by atoms with E-state index in [1.165, 1.54) is 0 Å². The van der Waals surface area contributed by atoms with Gasteiger partial charge in [0.25, 0.3) is 0 Å². The molecule has 0 amide bonds. The first-order chi connectivity index (χ1) is 14.1. The summed E-state index contributed by atoms with van der Waals surface area (Å²) in [5.74, 6) is 0. The Balaban J connectivity index is 1.41. The highest BCUT2D eigenvalue weighted by Gasteiger charge is 2.01. The van der Waals surface area contributed by atoms with E-state index in [-0.39, 0.29) is 0 Å². The van der Waals surface area contributed by atoms with Crippen LogP contribution in [0.15, 0.2) is 107 Å². The molecule has 0 unspecified atom stereocenters. The van der Waals surface area contributed by atoms with E-state index in [1.807, 2.05) is 97.1 Å². The van der Waals surface area contributed by atoms with Gasteiger partial charge in [-0.2, -0.15) is 0 Å². The third kappa shape index (κ3) is 4.99. The number of hydrogen-bond acceptors (Lipinski definition) is 5. The molecule has 0 atom stereocenters. The van der Waals surface area contributed by atoms with Crippen molar-refractivity contribution >= 4 is 45.5 Å².